The Kier molecular flexibility index (Phi) is 4.02. The van der Waals surface area contributed by atoms with Gasteiger partial charge in [0.05, 0.1) is 17.8 Å². The molecule has 0 aliphatic heterocycles. The summed E-state index contributed by atoms with van der Waals surface area (Å²) in [6, 6.07) is 8.52. The molecule has 19 heavy (non-hydrogen) atoms. The average Bonchev–Trinajstić information content (AvgIpc) is 2.39. The monoisotopic (exact) mass is 276 g/mol. The molecule has 1 amide bonds. The van der Waals surface area contributed by atoms with E-state index in [0.29, 0.717) is 5.02 Å². The summed E-state index contributed by atoms with van der Waals surface area (Å²) in [6.45, 7) is 1.86. The lowest BCUT2D eigenvalue weighted by molar-refractivity contribution is 0.0937. The van der Waals surface area contributed by atoms with Crippen LogP contribution >= 0.6 is 11.6 Å². The van der Waals surface area contributed by atoms with Crippen molar-refractivity contribution in [3.05, 3.63) is 58.9 Å². The van der Waals surface area contributed by atoms with Gasteiger partial charge in [0.15, 0.2) is 0 Å². The maximum atomic E-state index is 12.0. The second-order valence-electron chi connectivity index (χ2n) is 4.14. The van der Waals surface area contributed by atoms with Gasteiger partial charge in [-0.25, -0.2) is 0 Å². The number of hydrogen-bond donors (Lipinski definition) is 2. The van der Waals surface area contributed by atoms with Crippen molar-refractivity contribution in [2.24, 2.45) is 0 Å². The molecule has 2 aromatic rings. The largest absolute Gasteiger partial charge is 0.505 e. The quantitative estimate of drug-likeness (QED) is 0.906. The fourth-order valence-electron chi connectivity index (χ4n) is 1.69. The minimum Gasteiger partial charge on any atom is -0.505 e. The summed E-state index contributed by atoms with van der Waals surface area (Å²) in [5.41, 5.74) is 1.14. The first-order valence-electron chi connectivity index (χ1n) is 5.77. The third-order valence-electron chi connectivity index (χ3n) is 2.76. The standard InChI is InChI=1S/C14H13ClN2O2/c1-9(10-2-4-11(15)5-3-10)17-14(19)12-6-7-16-8-13(12)18/h2-9,18H,1H3,(H,17,19). The van der Waals surface area contributed by atoms with Crippen molar-refractivity contribution in [3.63, 3.8) is 0 Å². The minimum atomic E-state index is -0.345. The summed E-state index contributed by atoms with van der Waals surface area (Å²) >= 11 is 5.81. The maximum Gasteiger partial charge on any atom is 0.255 e. The highest BCUT2D eigenvalue weighted by atomic mass is 35.5. The van der Waals surface area contributed by atoms with E-state index in [9.17, 15) is 9.90 Å². The molecule has 5 heteroatoms. The van der Waals surface area contributed by atoms with Crippen LogP contribution in [0.15, 0.2) is 42.7 Å². The lowest BCUT2D eigenvalue weighted by atomic mass is 10.1. The molecule has 2 rings (SSSR count). The zero-order valence-corrected chi connectivity index (χ0v) is 11.1. The molecule has 0 fully saturated rings. The van der Waals surface area contributed by atoms with Crippen molar-refractivity contribution in [2.45, 2.75) is 13.0 Å². The molecule has 98 valence electrons. The second-order valence-corrected chi connectivity index (χ2v) is 4.58. The van der Waals surface area contributed by atoms with Crippen molar-refractivity contribution in [1.29, 1.82) is 0 Å². The van der Waals surface area contributed by atoms with Crippen molar-refractivity contribution < 1.29 is 9.90 Å². The molecule has 0 bridgehead atoms. The molecule has 1 unspecified atom stereocenters. The van der Waals surface area contributed by atoms with Crippen LogP contribution in [0.4, 0.5) is 0 Å². The highest BCUT2D eigenvalue weighted by Gasteiger charge is 2.14. The summed E-state index contributed by atoms with van der Waals surface area (Å²) in [5.74, 6) is -0.481. The van der Waals surface area contributed by atoms with Gasteiger partial charge in [-0.1, -0.05) is 23.7 Å². The van der Waals surface area contributed by atoms with Gasteiger partial charge in [0.2, 0.25) is 0 Å². The zero-order chi connectivity index (χ0) is 13.8. The fourth-order valence-corrected chi connectivity index (χ4v) is 1.81. The number of halogens is 1. The minimum absolute atomic E-state index is 0.136. The molecule has 4 nitrogen and oxygen atoms in total. The maximum absolute atomic E-state index is 12.0. The molecule has 0 aliphatic carbocycles. The van der Waals surface area contributed by atoms with E-state index >= 15 is 0 Å². The topological polar surface area (TPSA) is 62.2 Å². The first-order chi connectivity index (χ1) is 9.08. The molecule has 0 saturated heterocycles. The Morgan fingerprint density at radius 2 is 2.00 bits per heavy atom. The Bertz CT molecular complexity index is 584. The molecule has 0 spiro atoms. The van der Waals surface area contributed by atoms with E-state index in [1.807, 2.05) is 19.1 Å². The van der Waals surface area contributed by atoms with E-state index in [-0.39, 0.29) is 23.3 Å². The van der Waals surface area contributed by atoms with E-state index in [4.69, 9.17) is 11.6 Å². The normalized spacial score (nSPS) is 11.9. The van der Waals surface area contributed by atoms with Crippen molar-refractivity contribution in [3.8, 4) is 5.75 Å². The number of rotatable bonds is 3. The zero-order valence-electron chi connectivity index (χ0n) is 10.3. The van der Waals surface area contributed by atoms with Gasteiger partial charge in [-0.05, 0) is 30.7 Å². The van der Waals surface area contributed by atoms with Crippen LogP contribution in [0.5, 0.6) is 5.75 Å². The van der Waals surface area contributed by atoms with Gasteiger partial charge in [-0.3, -0.25) is 9.78 Å². The molecule has 0 radical (unpaired) electrons. The van der Waals surface area contributed by atoms with E-state index in [2.05, 4.69) is 10.3 Å². The summed E-state index contributed by atoms with van der Waals surface area (Å²) in [4.78, 5) is 15.7. The Balaban J connectivity index is 2.11. The molecule has 1 heterocycles. The lowest BCUT2D eigenvalue weighted by Crippen LogP contribution is -2.26. The number of hydrogen-bond acceptors (Lipinski definition) is 3. The summed E-state index contributed by atoms with van der Waals surface area (Å²) in [6.07, 6.45) is 2.70. The van der Waals surface area contributed by atoms with Gasteiger partial charge in [0, 0.05) is 11.2 Å². The van der Waals surface area contributed by atoms with Gasteiger partial charge in [-0.15, -0.1) is 0 Å². The van der Waals surface area contributed by atoms with Gasteiger partial charge in [0.1, 0.15) is 5.75 Å². The summed E-state index contributed by atoms with van der Waals surface area (Å²) in [7, 11) is 0. The molecule has 1 atom stereocenters. The van der Waals surface area contributed by atoms with E-state index in [0.717, 1.165) is 5.56 Å². The van der Waals surface area contributed by atoms with Crippen molar-refractivity contribution in [1.82, 2.24) is 10.3 Å². The molecule has 1 aromatic heterocycles. The summed E-state index contributed by atoms with van der Waals surface area (Å²) < 4.78 is 0. The Morgan fingerprint density at radius 1 is 1.32 bits per heavy atom. The number of carbonyl (C=O) groups excluding carboxylic acids is 1. The van der Waals surface area contributed by atoms with Gasteiger partial charge >= 0.3 is 0 Å². The highest BCUT2D eigenvalue weighted by molar-refractivity contribution is 6.30. The third-order valence-corrected chi connectivity index (χ3v) is 3.01. The van der Waals surface area contributed by atoms with E-state index < -0.39 is 0 Å². The van der Waals surface area contributed by atoms with Crippen LogP contribution in [0, 0.1) is 0 Å². The van der Waals surface area contributed by atoms with Gasteiger partial charge < -0.3 is 10.4 Å². The molecule has 0 aliphatic rings. The Hall–Kier alpha value is -2.07. The number of pyridine rings is 1. The predicted molar refractivity (Wildman–Crippen MR) is 73.2 cm³/mol. The van der Waals surface area contributed by atoms with Gasteiger partial charge in [0.25, 0.3) is 5.91 Å². The third kappa shape index (κ3) is 3.23. The van der Waals surface area contributed by atoms with Crippen molar-refractivity contribution in [2.75, 3.05) is 0 Å². The number of aromatic hydroxyl groups is 1. The van der Waals surface area contributed by atoms with E-state index in [1.165, 1.54) is 18.5 Å². The lowest BCUT2D eigenvalue weighted by Gasteiger charge is -2.14. The number of nitrogens with one attached hydrogen (secondary N) is 1. The van der Waals surface area contributed by atoms with Crippen LogP contribution < -0.4 is 5.32 Å². The van der Waals surface area contributed by atoms with Crippen LogP contribution in [0.2, 0.25) is 5.02 Å². The van der Waals surface area contributed by atoms with Crippen molar-refractivity contribution >= 4 is 17.5 Å². The van der Waals surface area contributed by atoms with Crippen LogP contribution in [0.1, 0.15) is 28.9 Å². The van der Waals surface area contributed by atoms with Crippen LogP contribution in [-0.4, -0.2) is 16.0 Å². The number of carbonyl (C=O) groups is 1. The predicted octanol–water partition coefficient (Wildman–Crippen LogP) is 2.93. The number of amides is 1. The van der Waals surface area contributed by atoms with Crippen LogP contribution in [0.3, 0.4) is 0 Å². The smallest absolute Gasteiger partial charge is 0.255 e. The van der Waals surface area contributed by atoms with Gasteiger partial charge in [-0.2, -0.15) is 0 Å². The molecule has 1 aromatic carbocycles. The number of aromatic nitrogens is 1. The molecular formula is C14H13ClN2O2. The van der Waals surface area contributed by atoms with Crippen LogP contribution in [-0.2, 0) is 0 Å². The fraction of sp³-hybridized carbons (Fsp3) is 0.143. The first kappa shape index (κ1) is 13.4. The number of benzene rings is 1. The summed E-state index contributed by atoms with van der Waals surface area (Å²) in [5, 5.41) is 13.0. The molecular weight excluding hydrogens is 264 g/mol. The second kappa shape index (κ2) is 5.71. The number of nitrogens with zero attached hydrogens (tertiary/aromatic N) is 1. The SMILES string of the molecule is CC(NC(=O)c1ccncc1O)c1ccc(Cl)cc1. The van der Waals surface area contributed by atoms with Crippen LogP contribution in [0.25, 0.3) is 0 Å². The Labute approximate surface area is 116 Å². The van der Waals surface area contributed by atoms with E-state index in [1.54, 1.807) is 12.1 Å². The first-order valence-corrected chi connectivity index (χ1v) is 6.15. The molecule has 2 N–H and O–H groups in total. The Morgan fingerprint density at radius 3 is 2.63 bits per heavy atom. The highest BCUT2D eigenvalue weighted by Crippen LogP contribution is 2.18. The molecule has 0 saturated carbocycles. The average molecular weight is 277 g/mol.